The van der Waals surface area contributed by atoms with Gasteiger partial charge in [0, 0.05) is 0 Å². The lowest BCUT2D eigenvalue weighted by molar-refractivity contribution is 0.637. The quantitative estimate of drug-likeness (QED) is 0.285. The van der Waals surface area contributed by atoms with Gasteiger partial charge in [0.1, 0.15) is 0 Å². The number of unbranched alkanes of at least 4 members (excludes halogenated alkanes) is 5. The maximum absolute atomic E-state index is 2.34. The largest absolute Gasteiger partial charge is 0.0882 e. The lowest BCUT2D eigenvalue weighted by atomic mass is 10.1. The maximum atomic E-state index is 2.34. The molecule has 0 spiro atoms. The fourth-order valence-electron chi connectivity index (χ4n) is 1.76. The lowest BCUT2D eigenvalue weighted by Gasteiger charge is -1.95. The lowest BCUT2D eigenvalue weighted by Crippen LogP contribution is -1.75. The molecule has 0 aromatic rings. The molecule has 0 nitrogen and oxygen atoms in total. The highest BCUT2D eigenvalue weighted by Gasteiger charge is 1.86. The molecule has 0 aromatic carbocycles. The molecular weight excluding hydrogens is 216 g/mol. The van der Waals surface area contributed by atoms with Crippen LogP contribution in [0.1, 0.15) is 78.6 Å². The fourth-order valence-corrected chi connectivity index (χ4v) is 1.76. The van der Waals surface area contributed by atoms with Crippen LogP contribution >= 0.6 is 0 Å². The summed E-state index contributed by atoms with van der Waals surface area (Å²) in [6, 6.07) is 0. The van der Waals surface area contributed by atoms with Crippen LogP contribution < -0.4 is 0 Å². The standard InChI is InChI=1S/C18H32/c1-4-6-7-8-9-10-11-12-13-14-15-16-17-18(3)5-2/h11-12,14-15,17H,4-10,13,16H2,1-3H3. The molecular formula is C18H32. The average Bonchev–Trinajstić information content (AvgIpc) is 2.39. The molecule has 0 amide bonds. The molecule has 0 heteroatoms. The smallest absolute Gasteiger partial charge is 0.0166 e. The molecule has 0 rings (SSSR count). The molecule has 0 atom stereocenters. The van der Waals surface area contributed by atoms with Crippen molar-refractivity contribution in [3.05, 3.63) is 36.0 Å². The van der Waals surface area contributed by atoms with Gasteiger partial charge in [0.2, 0.25) is 0 Å². The molecule has 0 unspecified atom stereocenters. The molecule has 0 saturated carbocycles. The van der Waals surface area contributed by atoms with E-state index < -0.39 is 0 Å². The van der Waals surface area contributed by atoms with Crippen LogP contribution in [-0.2, 0) is 0 Å². The van der Waals surface area contributed by atoms with Gasteiger partial charge in [0.05, 0.1) is 0 Å². The van der Waals surface area contributed by atoms with Crippen LogP contribution in [0, 0.1) is 0 Å². The zero-order chi connectivity index (χ0) is 13.5. The van der Waals surface area contributed by atoms with E-state index in [1.165, 1.54) is 50.5 Å². The van der Waals surface area contributed by atoms with Gasteiger partial charge >= 0.3 is 0 Å². The van der Waals surface area contributed by atoms with E-state index in [4.69, 9.17) is 0 Å². The topological polar surface area (TPSA) is 0 Å². The second-order valence-corrected chi connectivity index (χ2v) is 5.02. The van der Waals surface area contributed by atoms with E-state index in [2.05, 4.69) is 51.2 Å². The maximum Gasteiger partial charge on any atom is -0.0166 e. The highest BCUT2D eigenvalue weighted by atomic mass is 13.9. The van der Waals surface area contributed by atoms with Crippen molar-refractivity contribution >= 4 is 0 Å². The van der Waals surface area contributed by atoms with Gasteiger partial charge in [-0.05, 0) is 39.0 Å². The van der Waals surface area contributed by atoms with Crippen LogP contribution in [-0.4, -0.2) is 0 Å². The Kier molecular flexibility index (Phi) is 13.7. The average molecular weight is 248 g/mol. The minimum atomic E-state index is 1.09. The van der Waals surface area contributed by atoms with E-state index in [0.717, 1.165) is 12.8 Å². The fraction of sp³-hybridized carbons (Fsp3) is 0.667. The predicted octanol–water partition coefficient (Wildman–Crippen LogP) is 6.60. The monoisotopic (exact) mass is 248 g/mol. The van der Waals surface area contributed by atoms with E-state index in [1.807, 2.05) is 0 Å². The van der Waals surface area contributed by atoms with Gasteiger partial charge < -0.3 is 0 Å². The van der Waals surface area contributed by atoms with E-state index >= 15 is 0 Å². The van der Waals surface area contributed by atoms with Crippen molar-refractivity contribution in [2.75, 3.05) is 0 Å². The molecule has 0 fully saturated rings. The predicted molar refractivity (Wildman–Crippen MR) is 84.9 cm³/mol. The van der Waals surface area contributed by atoms with Crippen LogP contribution in [0.15, 0.2) is 36.0 Å². The molecule has 0 aliphatic heterocycles. The number of hydrogen-bond donors (Lipinski definition) is 0. The van der Waals surface area contributed by atoms with Crippen molar-refractivity contribution in [1.82, 2.24) is 0 Å². The van der Waals surface area contributed by atoms with Crippen LogP contribution in [0.25, 0.3) is 0 Å². The number of hydrogen-bond acceptors (Lipinski definition) is 0. The number of rotatable bonds is 11. The summed E-state index contributed by atoms with van der Waals surface area (Å²) in [7, 11) is 0. The van der Waals surface area contributed by atoms with E-state index in [0.29, 0.717) is 0 Å². The zero-order valence-electron chi connectivity index (χ0n) is 12.8. The summed E-state index contributed by atoms with van der Waals surface area (Å²) in [6.45, 7) is 6.68. The Morgan fingerprint density at radius 2 is 1.44 bits per heavy atom. The van der Waals surface area contributed by atoms with Crippen LogP contribution in [0.3, 0.4) is 0 Å². The van der Waals surface area contributed by atoms with Crippen molar-refractivity contribution in [3.63, 3.8) is 0 Å². The Balaban J connectivity index is 3.34. The molecule has 0 aromatic heterocycles. The Labute approximate surface area is 115 Å². The third-order valence-electron chi connectivity index (χ3n) is 3.24. The zero-order valence-corrected chi connectivity index (χ0v) is 12.8. The molecule has 0 aliphatic carbocycles. The van der Waals surface area contributed by atoms with Crippen molar-refractivity contribution in [2.24, 2.45) is 0 Å². The van der Waals surface area contributed by atoms with Gasteiger partial charge in [-0.15, -0.1) is 0 Å². The summed E-state index contributed by atoms with van der Waals surface area (Å²) in [5, 5.41) is 0. The minimum Gasteiger partial charge on any atom is -0.0882 e. The molecule has 0 N–H and O–H groups in total. The van der Waals surface area contributed by atoms with Gasteiger partial charge in [-0.2, -0.15) is 0 Å². The summed E-state index contributed by atoms with van der Waals surface area (Å²) in [5.74, 6) is 0. The van der Waals surface area contributed by atoms with E-state index in [1.54, 1.807) is 0 Å². The third kappa shape index (κ3) is 13.3. The molecule has 0 heterocycles. The normalized spacial score (nSPS) is 12.9. The highest BCUT2D eigenvalue weighted by Crippen LogP contribution is 2.05. The first-order valence-corrected chi connectivity index (χ1v) is 7.76. The summed E-state index contributed by atoms with van der Waals surface area (Å²) in [6.07, 6.45) is 23.0. The molecule has 0 saturated heterocycles. The molecule has 0 radical (unpaired) electrons. The highest BCUT2D eigenvalue weighted by molar-refractivity contribution is 5.02. The van der Waals surface area contributed by atoms with Crippen LogP contribution in [0.5, 0.6) is 0 Å². The summed E-state index contributed by atoms with van der Waals surface area (Å²) in [5.41, 5.74) is 1.49. The van der Waals surface area contributed by atoms with Crippen LogP contribution in [0.4, 0.5) is 0 Å². The van der Waals surface area contributed by atoms with Crippen molar-refractivity contribution < 1.29 is 0 Å². The first kappa shape index (κ1) is 17.2. The molecule has 0 bridgehead atoms. The Morgan fingerprint density at radius 3 is 2.17 bits per heavy atom. The second-order valence-electron chi connectivity index (χ2n) is 5.02. The van der Waals surface area contributed by atoms with Crippen molar-refractivity contribution in [2.45, 2.75) is 78.6 Å². The van der Waals surface area contributed by atoms with Gasteiger partial charge in [0.25, 0.3) is 0 Å². The van der Waals surface area contributed by atoms with E-state index in [9.17, 15) is 0 Å². The first-order chi connectivity index (χ1) is 8.81. The van der Waals surface area contributed by atoms with Gasteiger partial charge in [-0.1, -0.05) is 75.5 Å². The molecule has 104 valence electrons. The van der Waals surface area contributed by atoms with E-state index in [-0.39, 0.29) is 0 Å². The summed E-state index contributed by atoms with van der Waals surface area (Å²) in [4.78, 5) is 0. The third-order valence-corrected chi connectivity index (χ3v) is 3.24. The SMILES string of the molecule is CCCCCCCC=CCC=CCC=C(C)CC. The first-order valence-electron chi connectivity index (χ1n) is 7.76. The van der Waals surface area contributed by atoms with Crippen molar-refractivity contribution in [1.29, 1.82) is 0 Å². The number of allylic oxidation sites excluding steroid dienone is 6. The molecule has 0 aliphatic rings. The summed E-state index contributed by atoms with van der Waals surface area (Å²) >= 11 is 0. The Morgan fingerprint density at radius 1 is 0.778 bits per heavy atom. The van der Waals surface area contributed by atoms with Gasteiger partial charge in [-0.3, -0.25) is 0 Å². The minimum absolute atomic E-state index is 1.09. The molecule has 18 heavy (non-hydrogen) atoms. The summed E-state index contributed by atoms with van der Waals surface area (Å²) < 4.78 is 0. The Bertz CT molecular complexity index is 243. The van der Waals surface area contributed by atoms with Gasteiger partial charge in [-0.25, -0.2) is 0 Å². The van der Waals surface area contributed by atoms with Gasteiger partial charge in [0.15, 0.2) is 0 Å². The van der Waals surface area contributed by atoms with Crippen molar-refractivity contribution in [3.8, 4) is 0 Å². The second kappa shape index (κ2) is 14.3. The Hall–Kier alpha value is -0.780. The van der Waals surface area contributed by atoms with Crippen LogP contribution in [0.2, 0.25) is 0 Å².